The number of unbranched alkanes of at least 4 members (excludes halogenated alkanes) is 1. The van der Waals surface area contributed by atoms with Crippen LogP contribution in [0.3, 0.4) is 0 Å². The van der Waals surface area contributed by atoms with E-state index in [2.05, 4.69) is 34.8 Å². The van der Waals surface area contributed by atoms with Crippen LogP contribution in [0.5, 0.6) is 0 Å². The summed E-state index contributed by atoms with van der Waals surface area (Å²) in [5, 5.41) is 2.80. The zero-order chi connectivity index (χ0) is 11.2. The van der Waals surface area contributed by atoms with Crippen molar-refractivity contribution in [1.29, 1.82) is 0 Å². The van der Waals surface area contributed by atoms with Crippen molar-refractivity contribution in [3.05, 3.63) is 0 Å². The highest BCUT2D eigenvalue weighted by Crippen LogP contribution is 2.10. The average Bonchev–Trinajstić information content (AvgIpc) is 1.96. The van der Waals surface area contributed by atoms with Crippen molar-refractivity contribution in [2.24, 2.45) is 0 Å². The number of carbonyl (C=O) groups is 1. The minimum absolute atomic E-state index is 0.169. The number of ether oxygens (including phenoxy) is 1. The first-order valence-electron chi connectivity index (χ1n) is 4.98. The van der Waals surface area contributed by atoms with Crippen molar-refractivity contribution >= 4 is 28.7 Å². The maximum Gasteiger partial charge on any atom is 0.408 e. The maximum absolute atomic E-state index is 11.3. The number of alkyl halides is 1. The third kappa shape index (κ3) is 8.59. The number of rotatable bonds is 4. The van der Waals surface area contributed by atoms with Crippen LogP contribution in [0.1, 0.15) is 47.0 Å². The minimum Gasteiger partial charge on any atom is -0.444 e. The molecule has 0 radical (unpaired) electrons. The molecule has 14 heavy (non-hydrogen) atoms. The third-order valence-electron chi connectivity index (χ3n) is 1.48. The number of carbonyl (C=O) groups excluding carboxylic acids is 1. The van der Waals surface area contributed by atoms with Gasteiger partial charge >= 0.3 is 6.09 Å². The molecular formula is C10H20INO2. The molecule has 1 amide bonds. The Labute approximate surface area is 100 Å². The van der Waals surface area contributed by atoms with E-state index in [9.17, 15) is 4.79 Å². The van der Waals surface area contributed by atoms with E-state index in [1.165, 1.54) is 0 Å². The zero-order valence-electron chi connectivity index (χ0n) is 9.39. The molecule has 0 aliphatic rings. The first-order chi connectivity index (χ1) is 6.35. The summed E-state index contributed by atoms with van der Waals surface area (Å²) in [5.41, 5.74) is -0.412. The largest absolute Gasteiger partial charge is 0.444 e. The molecule has 0 spiro atoms. The molecule has 0 aromatic carbocycles. The Bertz CT molecular complexity index is 177. The Hall–Kier alpha value is 0. The first-order valence-corrected chi connectivity index (χ1v) is 6.23. The molecule has 84 valence electrons. The van der Waals surface area contributed by atoms with Crippen LogP contribution in [-0.4, -0.2) is 15.7 Å². The summed E-state index contributed by atoms with van der Waals surface area (Å²) in [6, 6.07) is 0. The zero-order valence-corrected chi connectivity index (χ0v) is 11.6. The molecule has 3 nitrogen and oxygen atoms in total. The number of nitrogens with one attached hydrogen (secondary N) is 1. The Morgan fingerprint density at radius 1 is 1.50 bits per heavy atom. The van der Waals surface area contributed by atoms with Gasteiger partial charge in [-0.2, -0.15) is 0 Å². The fourth-order valence-electron chi connectivity index (χ4n) is 0.891. The summed E-state index contributed by atoms with van der Waals surface area (Å²) in [7, 11) is 0. The quantitative estimate of drug-likeness (QED) is 0.490. The van der Waals surface area contributed by atoms with Gasteiger partial charge < -0.3 is 10.1 Å². The Balaban J connectivity index is 3.71. The highest BCUT2D eigenvalue weighted by molar-refractivity contribution is 14.1. The fourth-order valence-corrected chi connectivity index (χ4v) is 1.59. The van der Waals surface area contributed by atoms with Crippen LogP contribution in [0.25, 0.3) is 0 Å². The number of amides is 1. The molecule has 0 aliphatic heterocycles. The molecule has 0 rings (SSSR count). The molecule has 0 aromatic heterocycles. The van der Waals surface area contributed by atoms with Gasteiger partial charge in [-0.15, -0.1) is 0 Å². The van der Waals surface area contributed by atoms with Crippen LogP contribution >= 0.6 is 22.6 Å². The lowest BCUT2D eigenvalue weighted by Gasteiger charge is -2.21. The van der Waals surface area contributed by atoms with Crippen LogP contribution in [-0.2, 0) is 4.74 Å². The van der Waals surface area contributed by atoms with Gasteiger partial charge in [0.1, 0.15) is 5.60 Å². The molecule has 0 saturated carbocycles. The van der Waals surface area contributed by atoms with Crippen molar-refractivity contribution in [2.75, 3.05) is 0 Å². The lowest BCUT2D eigenvalue weighted by molar-refractivity contribution is 0.0523. The number of hydrogen-bond donors (Lipinski definition) is 1. The summed E-state index contributed by atoms with van der Waals surface area (Å²) in [4.78, 5) is 11.3. The third-order valence-corrected chi connectivity index (χ3v) is 2.42. The lowest BCUT2D eigenvalue weighted by Crippen LogP contribution is -2.36. The normalized spacial score (nSPS) is 13.5. The van der Waals surface area contributed by atoms with Crippen molar-refractivity contribution < 1.29 is 9.53 Å². The van der Waals surface area contributed by atoms with Gasteiger partial charge in [-0.05, 0) is 27.2 Å². The Morgan fingerprint density at radius 3 is 2.50 bits per heavy atom. The molecule has 1 N–H and O–H groups in total. The van der Waals surface area contributed by atoms with Crippen LogP contribution in [0.4, 0.5) is 4.79 Å². The molecule has 0 aromatic rings. The molecule has 0 aliphatic carbocycles. The summed E-state index contributed by atoms with van der Waals surface area (Å²) in [6.45, 7) is 7.72. The number of halogens is 1. The fraction of sp³-hybridized carbons (Fsp3) is 0.900. The van der Waals surface area contributed by atoms with Gasteiger partial charge in [-0.25, -0.2) is 4.79 Å². The minimum atomic E-state index is -0.412. The second-order valence-corrected chi connectivity index (χ2v) is 5.76. The molecule has 1 unspecified atom stereocenters. The molecular weight excluding hydrogens is 293 g/mol. The van der Waals surface area contributed by atoms with Crippen LogP contribution in [0.15, 0.2) is 0 Å². The van der Waals surface area contributed by atoms with Gasteiger partial charge in [-0.3, -0.25) is 0 Å². The second kappa shape index (κ2) is 6.48. The van der Waals surface area contributed by atoms with E-state index in [-0.39, 0.29) is 10.1 Å². The average molecular weight is 313 g/mol. The van der Waals surface area contributed by atoms with E-state index in [0.29, 0.717) is 0 Å². The molecule has 0 saturated heterocycles. The molecule has 0 bridgehead atoms. The van der Waals surface area contributed by atoms with Crippen LogP contribution in [0, 0.1) is 0 Å². The van der Waals surface area contributed by atoms with Gasteiger partial charge in [0.05, 0.1) is 4.05 Å². The molecule has 0 fully saturated rings. The second-order valence-electron chi connectivity index (χ2n) is 4.26. The monoisotopic (exact) mass is 313 g/mol. The van der Waals surface area contributed by atoms with E-state index in [1.54, 1.807) is 0 Å². The van der Waals surface area contributed by atoms with Gasteiger partial charge in [0.25, 0.3) is 0 Å². The predicted molar refractivity (Wildman–Crippen MR) is 66.7 cm³/mol. The van der Waals surface area contributed by atoms with Crippen molar-refractivity contribution in [3.63, 3.8) is 0 Å². The predicted octanol–water partition coefficient (Wildman–Crippen LogP) is 3.46. The highest BCUT2D eigenvalue weighted by atomic mass is 127. The molecule has 0 heterocycles. The smallest absolute Gasteiger partial charge is 0.408 e. The van der Waals surface area contributed by atoms with Crippen LogP contribution in [0.2, 0.25) is 0 Å². The summed E-state index contributed by atoms with van der Waals surface area (Å²) >= 11 is 2.22. The number of alkyl carbamates (subject to hydrolysis) is 1. The SMILES string of the molecule is CCCCC(I)NC(=O)OC(C)(C)C. The standard InChI is InChI=1S/C10H20INO2/c1-5-6-7-8(11)12-9(13)14-10(2,3)4/h8H,5-7H2,1-4H3,(H,12,13). The maximum atomic E-state index is 11.3. The van der Waals surface area contributed by atoms with Crippen molar-refractivity contribution in [1.82, 2.24) is 5.32 Å². The Morgan fingerprint density at radius 2 is 2.07 bits per heavy atom. The van der Waals surface area contributed by atoms with Gasteiger partial charge in [-0.1, -0.05) is 42.4 Å². The van der Waals surface area contributed by atoms with E-state index in [1.807, 2.05) is 20.8 Å². The van der Waals surface area contributed by atoms with Gasteiger partial charge in [0.2, 0.25) is 0 Å². The van der Waals surface area contributed by atoms with E-state index >= 15 is 0 Å². The Kier molecular flexibility index (Phi) is 6.48. The summed E-state index contributed by atoms with van der Waals surface area (Å²) < 4.78 is 5.30. The van der Waals surface area contributed by atoms with Crippen LogP contribution < -0.4 is 5.32 Å². The summed E-state index contributed by atoms with van der Waals surface area (Å²) in [5.74, 6) is 0. The summed E-state index contributed by atoms with van der Waals surface area (Å²) in [6.07, 6.45) is 2.95. The molecule has 1 atom stereocenters. The van der Waals surface area contributed by atoms with Crippen molar-refractivity contribution in [2.45, 2.75) is 56.6 Å². The number of hydrogen-bond acceptors (Lipinski definition) is 2. The first kappa shape index (κ1) is 14.0. The highest BCUT2D eigenvalue weighted by Gasteiger charge is 2.17. The van der Waals surface area contributed by atoms with Crippen molar-refractivity contribution in [3.8, 4) is 0 Å². The van der Waals surface area contributed by atoms with Gasteiger partial charge in [0.15, 0.2) is 0 Å². The van der Waals surface area contributed by atoms with E-state index in [4.69, 9.17) is 4.74 Å². The molecule has 4 heteroatoms. The van der Waals surface area contributed by atoms with E-state index in [0.717, 1.165) is 19.3 Å². The van der Waals surface area contributed by atoms with Gasteiger partial charge in [0, 0.05) is 0 Å². The topological polar surface area (TPSA) is 38.3 Å². The van der Waals surface area contributed by atoms with E-state index < -0.39 is 5.60 Å². The lowest BCUT2D eigenvalue weighted by atomic mass is 10.2.